The molecule has 1 aromatic carbocycles. The molecule has 0 aliphatic heterocycles. The molecule has 0 spiro atoms. The van der Waals surface area contributed by atoms with Gasteiger partial charge in [-0.05, 0) is 50.7 Å². The molecule has 2 aliphatic rings. The number of imidazole rings is 1. The summed E-state index contributed by atoms with van der Waals surface area (Å²) in [4.78, 5) is 17.6. The van der Waals surface area contributed by atoms with Crippen LogP contribution < -0.4 is 0 Å². The Labute approximate surface area is 154 Å². The molecule has 134 valence electrons. The van der Waals surface area contributed by atoms with Crippen molar-refractivity contribution in [2.75, 3.05) is 0 Å². The van der Waals surface area contributed by atoms with Gasteiger partial charge in [-0.15, -0.1) is 0 Å². The van der Waals surface area contributed by atoms with Gasteiger partial charge in [0.1, 0.15) is 11.7 Å². The van der Waals surface area contributed by atoms with Gasteiger partial charge in [0.15, 0.2) is 5.78 Å². The van der Waals surface area contributed by atoms with E-state index in [2.05, 4.69) is 55.7 Å². The van der Waals surface area contributed by atoms with Crippen molar-refractivity contribution in [2.24, 2.45) is 17.8 Å². The van der Waals surface area contributed by atoms with Crippen LogP contribution in [0.3, 0.4) is 0 Å². The Hall–Kier alpha value is -2.41. The Balaban J connectivity index is 1.89. The van der Waals surface area contributed by atoms with E-state index in [9.17, 15) is 10.1 Å². The molecule has 0 radical (unpaired) electrons. The lowest BCUT2D eigenvalue weighted by Gasteiger charge is -2.48. The molecule has 1 saturated carbocycles. The van der Waals surface area contributed by atoms with E-state index >= 15 is 0 Å². The molecule has 4 rings (SSSR count). The zero-order valence-corrected chi connectivity index (χ0v) is 15.9. The third kappa shape index (κ3) is 2.19. The second kappa shape index (κ2) is 5.81. The largest absolute Gasteiger partial charge is 0.300 e. The maximum Gasteiger partial charge on any atom is 0.153 e. The Morgan fingerprint density at radius 3 is 2.73 bits per heavy atom. The Morgan fingerprint density at radius 1 is 1.31 bits per heavy atom. The molecule has 2 aliphatic carbocycles. The molecule has 4 heteroatoms. The summed E-state index contributed by atoms with van der Waals surface area (Å²) in [7, 11) is 0. The summed E-state index contributed by atoms with van der Waals surface area (Å²) in [6.07, 6.45) is 2.50. The fourth-order valence-corrected chi connectivity index (χ4v) is 5.38. The van der Waals surface area contributed by atoms with Crippen molar-refractivity contribution in [2.45, 2.75) is 52.4 Å². The monoisotopic (exact) mass is 347 g/mol. The number of fused-ring (bicyclic) bond motifs is 3. The highest BCUT2D eigenvalue weighted by atomic mass is 16.1. The number of rotatable bonds is 1. The van der Waals surface area contributed by atoms with Gasteiger partial charge in [0.05, 0.1) is 11.8 Å². The van der Waals surface area contributed by atoms with Crippen LogP contribution in [0.4, 0.5) is 0 Å². The number of para-hydroxylation sites is 1. The minimum atomic E-state index is -0.513. The van der Waals surface area contributed by atoms with Crippen molar-refractivity contribution in [3.8, 4) is 11.8 Å². The molecule has 1 fully saturated rings. The summed E-state index contributed by atoms with van der Waals surface area (Å²) < 4.78 is 2.29. The smallest absolute Gasteiger partial charge is 0.153 e. The van der Waals surface area contributed by atoms with Crippen molar-refractivity contribution in [3.63, 3.8) is 0 Å². The molecule has 4 atom stereocenters. The topological polar surface area (TPSA) is 58.7 Å². The fourth-order valence-electron chi connectivity index (χ4n) is 5.38. The lowest BCUT2D eigenvalue weighted by molar-refractivity contribution is -0.132. The number of carbonyl (C=O) groups is 1. The molecule has 0 bridgehead atoms. The molecule has 1 aromatic heterocycles. The quantitative estimate of drug-likeness (QED) is 0.782. The number of aromatic nitrogens is 2. The molecular formula is C22H25N3O. The van der Waals surface area contributed by atoms with E-state index in [-0.39, 0.29) is 23.0 Å². The van der Waals surface area contributed by atoms with Crippen molar-refractivity contribution in [1.29, 1.82) is 5.26 Å². The average Bonchev–Trinajstić information content (AvgIpc) is 2.96. The van der Waals surface area contributed by atoms with Gasteiger partial charge in [0, 0.05) is 22.7 Å². The molecule has 0 N–H and O–H groups in total. The van der Waals surface area contributed by atoms with Crippen LogP contribution in [0.25, 0.3) is 5.69 Å². The summed E-state index contributed by atoms with van der Waals surface area (Å²) in [6.45, 7) is 8.41. The predicted molar refractivity (Wildman–Crippen MR) is 100 cm³/mol. The van der Waals surface area contributed by atoms with Gasteiger partial charge in [0.2, 0.25) is 0 Å². The summed E-state index contributed by atoms with van der Waals surface area (Å²) in [5, 5.41) is 9.51. The molecule has 0 saturated heterocycles. The van der Waals surface area contributed by atoms with Crippen LogP contribution in [0.1, 0.15) is 49.5 Å². The van der Waals surface area contributed by atoms with Crippen LogP contribution in [-0.2, 0) is 16.6 Å². The third-order valence-corrected chi connectivity index (χ3v) is 6.73. The first-order chi connectivity index (χ1) is 12.4. The lowest BCUT2D eigenvalue weighted by Crippen LogP contribution is -2.50. The zero-order chi connectivity index (χ0) is 18.6. The number of nitrogens with zero attached hydrogens (tertiary/aromatic N) is 3. The Bertz CT molecular complexity index is 935. The van der Waals surface area contributed by atoms with Gasteiger partial charge in [-0.1, -0.05) is 32.0 Å². The van der Waals surface area contributed by atoms with E-state index in [0.29, 0.717) is 6.42 Å². The van der Waals surface area contributed by atoms with E-state index in [4.69, 9.17) is 4.98 Å². The lowest BCUT2D eigenvalue weighted by atomic mass is 9.54. The third-order valence-electron chi connectivity index (χ3n) is 6.73. The summed E-state index contributed by atoms with van der Waals surface area (Å²) >= 11 is 0. The standard InChI is InChI=1S/C22H25N3O/c1-13-7-5-6-8-18(13)25-15(3)24-21-19(25)10-9-17-14(2)20(26)16(12-23)11-22(17,21)4/h5-8,14,16-17H,9-11H2,1-4H3/t14-,16?,17-,22-/m0/s1. The van der Waals surface area contributed by atoms with Crippen LogP contribution in [0.2, 0.25) is 0 Å². The van der Waals surface area contributed by atoms with Gasteiger partial charge < -0.3 is 4.57 Å². The molecule has 0 amide bonds. The van der Waals surface area contributed by atoms with Crippen LogP contribution in [0.5, 0.6) is 0 Å². The van der Waals surface area contributed by atoms with Crippen molar-refractivity contribution >= 4 is 5.78 Å². The average molecular weight is 347 g/mol. The highest BCUT2D eigenvalue weighted by Crippen LogP contribution is 2.52. The second-order valence-corrected chi connectivity index (χ2v) is 8.22. The Morgan fingerprint density at radius 2 is 2.04 bits per heavy atom. The first kappa shape index (κ1) is 17.0. The maximum absolute atomic E-state index is 12.6. The highest BCUT2D eigenvalue weighted by Gasteiger charge is 2.53. The summed E-state index contributed by atoms with van der Waals surface area (Å²) in [5.41, 5.74) is 4.56. The second-order valence-electron chi connectivity index (χ2n) is 8.22. The molecule has 4 nitrogen and oxygen atoms in total. The van der Waals surface area contributed by atoms with Gasteiger partial charge in [0.25, 0.3) is 0 Å². The number of carbonyl (C=O) groups excluding carboxylic acids is 1. The number of Topliss-reactive ketones (excluding diaryl/α,β-unsaturated/α-hetero) is 1. The van der Waals surface area contributed by atoms with Gasteiger partial charge in [-0.3, -0.25) is 4.79 Å². The van der Waals surface area contributed by atoms with E-state index < -0.39 is 5.92 Å². The number of aryl methyl sites for hydroxylation is 2. The normalized spacial score (nSPS) is 30.4. The minimum Gasteiger partial charge on any atom is -0.300 e. The minimum absolute atomic E-state index is 0.0736. The number of hydrogen-bond acceptors (Lipinski definition) is 3. The molecule has 1 heterocycles. The van der Waals surface area contributed by atoms with Crippen LogP contribution in [0.15, 0.2) is 24.3 Å². The number of ketones is 1. The molecule has 2 aromatic rings. The summed E-state index contributed by atoms with van der Waals surface area (Å²) in [5.74, 6) is 0.793. The van der Waals surface area contributed by atoms with Crippen molar-refractivity contribution < 1.29 is 4.79 Å². The number of benzene rings is 1. The maximum atomic E-state index is 12.6. The van der Waals surface area contributed by atoms with E-state index in [1.165, 1.54) is 16.9 Å². The first-order valence-electron chi connectivity index (χ1n) is 9.46. The SMILES string of the molecule is Cc1ccccc1-n1c(C)nc2c1CC[C@H]1[C@H](C)C(=O)C(C#N)C[C@]21C. The van der Waals surface area contributed by atoms with Gasteiger partial charge in [-0.25, -0.2) is 4.98 Å². The molecule has 1 unspecified atom stereocenters. The van der Waals surface area contributed by atoms with Crippen molar-refractivity contribution in [1.82, 2.24) is 9.55 Å². The fraction of sp³-hybridized carbons (Fsp3) is 0.500. The van der Waals surface area contributed by atoms with Crippen LogP contribution in [0, 0.1) is 42.9 Å². The van der Waals surface area contributed by atoms with Crippen LogP contribution in [-0.4, -0.2) is 15.3 Å². The molecule has 26 heavy (non-hydrogen) atoms. The van der Waals surface area contributed by atoms with E-state index in [0.717, 1.165) is 24.4 Å². The number of hydrogen-bond donors (Lipinski definition) is 0. The van der Waals surface area contributed by atoms with E-state index in [1.807, 2.05) is 6.92 Å². The molecular weight excluding hydrogens is 322 g/mol. The van der Waals surface area contributed by atoms with Gasteiger partial charge in [-0.2, -0.15) is 5.26 Å². The highest BCUT2D eigenvalue weighted by molar-refractivity contribution is 5.87. The van der Waals surface area contributed by atoms with Crippen LogP contribution >= 0.6 is 0 Å². The summed E-state index contributed by atoms with van der Waals surface area (Å²) in [6, 6.07) is 10.6. The van der Waals surface area contributed by atoms with E-state index in [1.54, 1.807) is 0 Å². The zero-order valence-electron chi connectivity index (χ0n) is 15.9. The Kier molecular flexibility index (Phi) is 3.80. The van der Waals surface area contributed by atoms with Crippen molar-refractivity contribution in [3.05, 3.63) is 47.0 Å². The van der Waals surface area contributed by atoms with Gasteiger partial charge >= 0.3 is 0 Å². The number of nitriles is 1. The predicted octanol–water partition coefficient (Wildman–Crippen LogP) is 4.06. The first-order valence-corrected chi connectivity index (χ1v) is 9.46.